The van der Waals surface area contributed by atoms with E-state index in [0.717, 1.165) is 18.5 Å². The van der Waals surface area contributed by atoms with Gasteiger partial charge in [-0.2, -0.15) is 0 Å². The molecule has 0 aliphatic carbocycles. The zero-order chi connectivity index (χ0) is 16.3. The molecule has 120 valence electrons. The van der Waals surface area contributed by atoms with Crippen LogP contribution in [-0.2, 0) is 4.79 Å². The van der Waals surface area contributed by atoms with E-state index in [4.69, 9.17) is 5.73 Å². The second-order valence-electron chi connectivity index (χ2n) is 6.45. The highest BCUT2D eigenvalue weighted by molar-refractivity contribution is 5.98. The van der Waals surface area contributed by atoms with E-state index in [9.17, 15) is 9.59 Å². The van der Waals surface area contributed by atoms with E-state index in [1.807, 2.05) is 36.9 Å². The van der Waals surface area contributed by atoms with Gasteiger partial charge in [0.25, 0.3) is 0 Å². The summed E-state index contributed by atoms with van der Waals surface area (Å²) in [5, 5.41) is 0. The van der Waals surface area contributed by atoms with E-state index >= 15 is 0 Å². The number of nitrogens with two attached hydrogens (primary N) is 1. The van der Waals surface area contributed by atoms with Gasteiger partial charge in [-0.15, -0.1) is 0 Å². The van der Waals surface area contributed by atoms with Crippen LogP contribution in [0.2, 0.25) is 0 Å². The van der Waals surface area contributed by atoms with E-state index in [0.29, 0.717) is 18.0 Å². The van der Waals surface area contributed by atoms with Gasteiger partial charge in [-0.1, -0.05) is 12.1 Å². The minimum absolute atomic E-state index is 0.0404. The van der Waals surface area contributed by atoms with E-state index in [1.54, 1.807) is 0 Å². The summed E-state index contributed by atoms with van der Waals surface area (Å²) in [6.07, 6.45) is 1.53. The van der Waals surface area contributed by atoms with E-state index < -0.39 is 0 Å². The Morgan fingerprint density at radius 1 is 1.23 bits per heavy atom. The van der Waals surface area contributed by atoms with Crippen molar-refractivity contribution in [3.05, 3.63) is 34.9 Å². The molecule has 1 saturated heterocycles. The second kappa shape index (κ2) is 7.05. The largest absolute Gasteiger partial charge is 0.340 e. The zero-order valence-corrected chi connectivity index (χ0v) is 13.8. The third-order valence-corrected chi connectivity index (χ3v) is 4.71. The normalized spacial score (nSPS) is 21.2. The molecule has 0 saturated carbocycles. The summed E-state index contributed by atoms with van der Waals surface area (Å²) >= 11 is 0. The van der Waals surface area contributed by atoms with E-state index in [-0.39, 0.29) is 30.6 Å². The highest BCUT2D eigenvalue weighted by atomic mass is 16.2. The molecule has 1 aliphatic heterocycles. The van der Waals surface area contributed by atoms with Crippen molar-refractivity contribution in [2.45, 2.75) is 46.1 Å². The lowest BCUT2D eigenvalue weighted by molar-refractivity contribution is -0.131. The van der Waals surface area contributed by atoms with Gasteiger partial charge < -0.3 is 10.6 Å². The van der Waals surface area contributed by atoms with Crippen molar-refractivity contribution in [3.8, 4) is 0 Å². The topological polar surface area (TPSA) is 63.4 Å². The molecule has 4 nitrogen and oxygen atoms in total. The minimum atomic E-state index is 0.0404. The molecule has 1 aliphatic rings. The number of carbonyl (C=O) groups is 2. The predicted molar refractivity (Wildman–Crippen MR) is 87.8 cm³/mol. The van der Waals surface area contributed by atoms with Crippen LogP contribution in [0.1, 0.15) is 47.7 Å². The number of nitrogens with zero attached hydrogens (tertiary/aromatic N) is 1. The number of aryl methyl sites for hydroxylation is 2. The smallest absolute Gasteiger partial charge is 0.223 e. The maximum atomic E-state index is 12.3. The third-order valence-electron chi connectivity index (χ3n) is 4.71. The van der Waals surface area contributed by atoms with Crippen LogP contribution in [0.3, 0.4) is 0 Å². The Kier molecular flexibility index (Phi) is 5.35. The van der Waals surface area contributed by atoms with Crippen LogP contribution in [0.15, 0.2) is 18.2 Å². The molecule has 4 heteroatoms. The zero-order valence-electron chi connectivity index (χ0n) is 13.8. The number of ketones is 1. The Morgan fingerprint density at radius 3 is 2.55 bits per heavy atom. The molecular weight excluding hydrogens is 276 g/mol. The standard InChI is InChI=1S/C18H26N2O2/c1-12-4-5-16(8-13(12)2)17(21)6-7-18(22)20-11-15(10-19)9-14(20)3/h4-5,8,14-15H,6-7,9-11,19H2,1-3H3. The van der Waals surface area contributed by atoms with Crippen molar-refractivity contribution >= 4 is 11.7 Å². The molecule has 2 N–H and O–H groups in total. The van der Waals surface area contributed by atoms with Gasteiger partial charge >= 0.3 is 0 Å². The average Bonchev–Trinajstić information content (AvgIpc) is 2.88. The number of rotatable bonds is 5. The number of hydrogen-bond donors (Lipinski definition) is 1. The Morgan fingerprint density at radius 2 is 1.95 bits per heavy atom. The second-order valence-corrected chi connectivity index (χ2v) is 6.45. The van der Waals surface area contributed by atoms with Crippen LogP contribution in [0.25, 0.3) is 0 Å². The van der Waals surface area contributed by atoms with Gasteiger partial charge in [0.15, 0.2) is 5.78 Å². The first-order chi connectivity index (χ1) is 10.4. The average molecular weight is 302 g/mol. The van der Waals surface area contributed by atoms with Crippen LogP contribution in [0.4, 0.5) is 0 Å². The molecular formula is C18H26N2O2. The molecule has 1 amide bonds. The maximum absolute atomic E-state index is 12.3. The first-order valence-electron chi connectivity index (χ1n) is 8.02. The van der Waals surface area contributed by atoms with Crippen LogP contribution in [0, 0.1) is 19.8 Å². The number of carbonyl (C=O) groups excluding carboxylic acids is 2. The van der Waals surface area contributed by atoms with Gasteiger partial charge in [-0.3, -0.25) is 9.59 Å². The van der Waals surface area contributed by atoms with Crippen LogP contribution >= 0.6 is 0 Å². The molecule has 2 atom stereocenters. The summed E-state index contributed by atoms with van der Waals surface area (Å²) in [5.74, 6) is 0.508. The molecule has 22 heavy (non-hydrogen) atoms. The van der Waals surface area contributed by atoms with Gasteiger partial charge in [-0.25, -0.2) is 0 Å². The fourth-order valence-electron chi connectivity index (χ4n) is 3.08. The summed E-state index contributed by atoms with van der Waals surface area (Å²) in [6.45, 7) is 7.43. The van der Waals surface area contributed by atoms with Crippen molar-refractivity contribution in [1.82, 2.24) is 4.90 Å². The van der Waals surface area contributed by atoms with Gasteiger partial charge in [0.1, 0.15) is 0 Å². The quantitative estimate of drug-likeness (QED) is 0.850. The van der Waals surface area contributed by atoms with Gasteiger partial charge in [0.2, 0.25) is 5.91 Å². The van der Waals surface area contributed by atoms with Crippen molar-refractivity contribution in [2.75, 3.05) is 13.1 Å². The molecule has 0 spiro atoms. The lowest BCUT2D eigenvalue weighted by Gasteiger charge is -2.21. The Labute approximate surface area is 132 Å². The predicted octanol–water partition coefficient (Wildman–Crippen LogP) is 2.46. The lowest BCUT2D eigenvalue weighted by atomic mass is 10.0. The van der Waals surface area contributed by atoms with Gasteiger partial charge in [0, 0.05) is 31.0 Å². The van der Waals surface area contributed by atoms with E-state index in [2.05, 4.69) is 6.92 Å². The SMILES string of the molecule is Cc1ccc(C(=O)CCC(=O)N2CC(CN)CC2C)cc1C. The summed E-state index contributed by atoms with van der Waals surface area (Å²) in [7, 11) is 0. The molecule has 1 aromatic carbocycles. The number of hydrogen-bond acceptors (Lipinski definition) is 3. The summed E-state index contributed by atoms with van der Waals surface area (Å²) in [4.78, 5) is 26.4. The third kappa shape index (κ3) is 3.74. The highest BCUT2D eigenvalue weighted by Gasteiger charge is 2.31. The number of Topliss-reactive ketones (excluding diaryl/α,β-unsaturated/α-hetero) is 1. The van der Waals surface area contributed by atoms with Crippen molar-refractivity contribution in [2.24, 2.45) is 11.7 Å². The molecule has 1 aromatic rings. The molecule has 0 bridgehead atoms. The van der Waals surface area contributed by atoms with Crippen molar-refractivity contribution in [3.63, 3.8) is 0 Å². The van der Waals surface area contributed by atoms with Crippen LogP contribution < -0.4 is 5.73 Å². The summed E-state index contributed by atoms with van der Waals surface area (Å²) in [5.41, 5.74) is 8.67. The van der Waals surface area contributed by atoms with Crippen molar-refractivity contribution < 1.29 is 9.59 Å². The first kappa shape index (κ1) is 16.7. The molecule has 0 aromatic heterocycles. The molecule has 2 rings (SSSR count). The Bertz CT molecular complexity index is 568. The fourth-order valence-corrected chi connectivity index (χ4v) is 3.08. The lowest BCUT2D eigenvalue weighted by Crippen LogP contribution is -2.34. The van der Waals surface area contributed by atoms with Crippen LogP contribution in [0.5, 0.6) is 0 Å². The molecule has 1 fully saturated rings. The molecule has 2 unspecified atom stereocenters. The van der Waals surface area contributed by atoms with Gasteiger partial charge in [-0.05, 0) is 56.8 Å². The number of likely N-dealkylation sites (tertiary alicyclic amines) is 1. The van der Waals surface area contributed by atoms with Crippen LogP contribution in [-0.4, -0.2) is 35.7 Å². The minimum Gasteiger partial charge on any atom is -0.340 e. The van der Waals surface area contributed by atoms with Gasteiger partial charge in [0.05, 0.1) is 0 Å². The Balaban J connectivity index is 1.90. The monoisotopic (exact) mass is 302 g/mol. The van der Waals surface area contributed by atoms with Crippen molar-refractivity contribution in [1.29, 1.82) is 0 Å². The fraction of sp³-hybridized carbons (Fsp3) is 0.556. The number of amides is 1. The number of benzene rings is 1. The molecule has 1 heterocycles. The summed E-state index contributed by atoms with van der Waals surface area (Å²) in [6, 6.07) is 5.94. The first-order valence-corrected chi connectivity index (χ1v) is 8.02. The van der Waals surface area contributed by atoms with E-state index in [1.165, 1.54) is 5.56 Å². The maximum Gasteiger partial charge on any atom is 0.223 e. The highest BCUT2D eigenvalue weighted by Crippen LogP contribution is 2.23. The summed E-state index contributed by atoms with van der Waals surface area (Å²) < 4.78 is 0. The molecule has 0 radical (unpaired) electrons. The Hall–Kier alpha value is -1.68.